The van der Waals surface area contributed by atoms with Crippen LogP contribution in [0.5, 0.6) is 0 Å². The van der Waals surface area contributed by atoms with Gasteiger partial charge in [-0.15, -0.1) is 0 Å². The molecule has 5 heteroatoms. The molecule has 1 aromatic carbocycles. The van der Waals surface area contributed by atoms with Crippen LogP contribution in [0, 0.1) is 12.8 Å². The molecule has 0 unspecified atom stereocenters. The Kier molecular flexibility index (Phi) is 4.24. The van der Waals surface area contributed by atoms with Crippen molar-refractivity contribution in [2.24, 2.45) is 11.0 Å². The highest BCUT2D eigenvalue weighted by molar-refractivity contribution is 7.89. The van der Waals surface area contributed by atoms with Crippen molar-refractivity contribution >= 4 is 15.7 Å². The van der Waals surface area contributed by atoms with Crippen LogP contribution in [0.1, 0.15) is 38.2 Å². The lowest BCUT2D eigenvalue weighted by Gasteiger charge is -2.19. The van der Waals surface area contributed by atoms with Gasteiger partial charge in [-0.1, -0.05) is 31.0 Å². The maximum Gasteiger partial charge on any atom is 0.276 e. The van der Waals surface area contributed by atoms with Crippen LogP contribution in [0.2, 0.25) is 0 Å². The topological polar surface area (TPSA) is 58.5 Å². The third-order valence-electron chi connectivity index (χ3n) is 3.53. The molecule has 1 saturated carbocycles. The first-order chi connectivity index (χ1) is 8.99. The molecule has 2 rings (SSSR count). The van der Waals surface area contributed by atoms with Gasteiger partial charge < -0.3 is 0 Å². The van der Waals surface area contributed by atoms with Gasteiger partial charge in [-0.2, -0.15) is 13.5 Å². The lowest BCUT2D eigenvalue weighted by Crippen LogP contribution is -2.24. The van der Waals surface area contributed by atoms with Crippen LogP contribution in [0.3, 0.4) is 0 Å². The smallest absolute Gasteiger partial charge is 0.200 e. The molecular weight excluding hydrogens is 260 g/mol. The molecule has 0 amide bonds. The van der Waals surface area contributed by atoms with E-state index in [1.807, 2.05) is 6.92 Å². The number of sulfonamides is 1. The first-order valence-corrected chi connectivity index (χ1v) is 8.12. The number of hydrogen-bond acceptors (Lipinski definition) is 3. The van der Waals surface area contributed by atoms with Crippen molar-refractivity contribution in [3.63, 3.8) is 0 Å². The monoisotopic (exact) mass is 280 g/mol. The van der Waals surface area contributed by atoms with Crippen LogP contribution in [0.15, 0.2) is 34.3 Å². The van der Waals surface area contributed by atoms with E-state index in [4.69, 9.17) is 0 Å². The molecule has 0 aliphatic heterocycles. The number of hydrazone groups is 1. The Hall–Kier alpha value is -1.36. The SMILES string of the molecule is Cc1ccc(S(=O)(=O)N/N=C2\CCCC[C@@H]2C)cc1. The molecule has 4 nitrogen and oxygen atoms in total. The molecule has 1 fully saturated rings. The Morgan fingerprint density at radius 2 is 1.89 bits per heavy atom. The second-order valence-electron chi connectivity index (χ2n) is 5.16. The predicted molar refractivity (Wildman–Crippen MR) is 76.6 cm³/mol. The van der Waals surface area contributed by atoms with Crippen molar-refractivity contribution in [3.05, 3.63) is 29.8 Å². The first-order valence-electron chi connectivity index (χ1n) is 6.64. The minimum Gasteiger partial charge on any atom is -0.200 e. The second kappa shape index (κ2) is 5.74. The van der Waals surface area contributed by atoms with Crippen molar-refractivity contribution in [2.45, 2.75) is 44.4 Å². The molecule has 0 saturated heterocycles. The van der Waals surface area contributed by atoms with Crippen LogP contribution in [-0.2, 0) is 10.0 Å². The maximum absolute atomic E-state index is 12.1. The molecule has 1 atom stereocenters. The largest absolute Gasteiger partial charge is 0.276 e. The van der Waals surface area contributed by atoms with Crippen LogP contribution < -0.4 is 4.83 Å². The van der Waals surface area contributed by atoms with Gasteiger partial charge in [0.2, 0.25) is 0 Å². The second-order valence-corrected chi connectivity index (χ2v) is 6.82. The van der Waals surface area contributed by atoms with Gasteiger partial charge >= 0.3 is 0 Å². The zero-order chi connectivity index (χ0) is 13.9. The van der Waals surface area contributed by atoms with E-state index in [9.17, 15) is 8.42 Å². The summed E-state index contributed by atoms with van der Waals surface area (Å²) in [6.07, 6.45) is 4.27. The Labute approximate surface area is 115 Å². The summed E-state index contributed by atoms with van der Waals surface area (Å²) in [5.41, 5.74) is 1.99. The zero-order valence-corrected chi connectivity index (χ0v) is 12.2. The molecule has 104 valence electrons. The molecule has 0 aromatic heterocycles. The summed E-state index contributed by atoms with van der Waals surface area (Å²) in [6, 6.07) is 6.76. The molecular formula is C14H20N2O2S. The van der Waals surface area contributed by atoms with Gasteiger partial charge in [0.15, 0.2) is 0 Å². The van der Waals surface area contributed by atoms with Gasteiger partial charge in [0.1, 0.15) is 0 Å². The molecule has 0 radical (unpaired) electrons. The zero-order valence-electron chi connectivity index (χ0n) is 11.4. The Bertz CT molecular complexity index is 562. The average Bonchev–Trinajstić information content (AvgIpc) is 2.38. The van der Waals surface area contributed by atoms with Gasteiger partial charge in [0.05, 0.1) is 4.90 Å². The van der Waals surface area contributed by atoms with Gasteiger partial charge in [-0.3, -0.25) is 0 Å². The van der Waals surface area contributed by atoms with Crippen LogP contribution in [0.25, 0.3) is 0 Å². The molecule has 0 spiro atoms. The van der Waals surface area contributed by atoms with E-state index in [-0.39, 0.29) is 4.90 Å². The standard InChI is InChI=1S/C14H20N2O2S/c1-11-7-9-13(10-8-11)19(17,18)16-15-14-6-4-3-5-12(14)2/h7-10,12,16H,3-6H2,1-2H3/b15-14+/t12-/m0/s1. The summed E-state index contributed by atoms with van der Waals surface area (Å²) in [7, 11) is -3.54. The van der Waals surface area contributed by atoms with Gasteiger partial charge in [0.25, 0.3) is 10.0 Å². The Balaban J connectivity index is 2.13. The molecule has 1 aromatic rings. The molecule has 1 aliphatic rings. The number of nitrogens with one attached hydrogen (secondary N) is 1. The Morgan fingerprint density at radius 3 is 2.53 bits per heavy atom. The Morgan fingerprint density at radius 1 is 1.21 bits per heavy atom. The predicted octanol–water partition coefficient (Wildman–Crippen LogP) is 2.84. The number of benzene rings is 1. The van der Waals surface area contributed by atoms with E-state index in [1.165, 1.54) is 6.42 Å². The van der Waals surface area contributed by atoms with Crippen molar-refractivity contribution < 1.29 is 8.42 Å². The van der Waals surface area contributed by atoms with E-state index < -0.39 is 10.0 Å². The number of aryl methyl sites for hydroxylation is 1. The summed E-state index contributed by atoms with van der Waals surface area (Å²) in [5, 5.41) is 4.11. The summed E-state index contributed by atoms with van der Waals surface area (Å²) < 4.78 is 24.1. The normalized spacial score (nSPS) is 22.4. The third kappa shape index (κ3) is 3.56. The molecule has 19 heavy (non-hydrogen) atoms. The molecule has 0 heterocycles. The summed E-state index contributed by atoms with van der Waals surface area (Å²) in [6.45, 7) is 4.02. The highest BCUT2D eigenvalue weighted by Crippen LogP contribution is 2.21. The minimum atomic E-state index is -3.54. The fraction of sp³-hybridized carbons (Fsp3) is 0.500. The van der Waals surface area contributed by atoms with Crippen molar-refractivity contribution in [2.75, 3.05) is 0 Å². The van der Waals surface area contributed by atoms with Gasteiger partial charge in [-0.25, -0.2) is 4.83 Å². The van der Waals surface area contributed by atoms with Crippen molar-refractivity contribution in [3.8, 4) is 0 Å². The van der Waals surface area contributed by atoms with Gasteiger partial charge in [0, 0.05) is 5.71 Å². The van der Waals surface area contributed by atoms with Crippen LogP contribution in [-0.4, -0.2) is 14.1 Å². The average molecular weight is 280 g/mol. The lowest BCUT2D eigenvalue weighted by molar-refractivity contribution is 0.552. The van der Waals surface area contributed by atoms with E-state index >= 15 is 0 Å². The van der Waals surface area contributed by atoms with E-state index in [2.05, 4.69) is 16.9 Å². The lowest BCUT2D eigenvalue weighted by atomic mass is 9.89. The maximum atomic E-state index is 12.1. The number of nitrogens with zero attached hydrogens (tertiary/aromatic N) is 1. The summed E-state index contributed by atoms with van der Waals surface area (Å²) in [5.74, 6) is 0.370. The number of hydrogen-bond donors (Lipinski definition) is 1. The van der Waals surface area contributed by atoms with Crippen molar-refractivity contribution in [1.82, 2.24) is 4.83 Å². The molecule has 0 bridgehead atoms. The van der Waals surface area contributed by atoms with Gasteiger partial charge in [-0.05, 0) is 44.2 Å². The van der Waals surface area contributed by atoms with E-state index in [0.717, 1.165) is 30.5 Å². The number of rotatable bonds is 3. The quantitative estimate of drug-likeness (QED) is 0.865. The molecule has 1 N–H and O–H groups in total. The van der Waals surface area contributed by atoms with Crippen molar-refractivity contribution in [1.29, 1.82) is 0 Å². The van der Waals surface area contributed by atoms with E-state index in [1.54, 1.807) is 24.3 Å². The summed E-state index contributed by atoms with van der Waals surface area (Å²) in [4.78, 5) is 2.61. The minimum absolute atomic E-state index is 0.255. The van der Waals surface area contributed by atoms with E-state index in [0.29, 0.717) is 5.92 Å². The highest BCUT2D eigenvalue weighted by Gasteiger charge is 2.18. The fourth-order valence-electron chi connectivity index (χ4n) is 2.22. The fourth-order valence-corrected chi connectivity index (χ4v) is 3.06. The molecule has 1 aliphatic carbocycles. The first kappa shape index (κ1) is 14.1. The summed E-state index contributed by atoms with van der Waals surface area (Å²) >= 11 is 0. The van der Waals surface area contributed by atoms with Crippen LogP contribution in [0.4, 0.5) is 0 Å². The van der Waals surface area contributed by atoms with Crippen LogP contribution >= 0.6 is 0 Å². The highest BCUT2D eigenvalue weighted by atomic mass is 32.2. The third-order valence-corrected chi connectivity index (χ3v) is 4.75.